The predicted molar refractivity (Wildman–Crippen MR) is 77.0 cm³/mol. The van der Waals surface area contributed by atoms with Crippen LogP contribution in [0.3, 0.4) is 0 Å². The first-order valence-corrected chi connectivity index (χ1v) is 8.85. The van der Waals surface area contributed by atoms with Crippen molar-refractivity contribution in [2.45, 2.75) is 25.3 Å². The quantitative estimate of drug-likeness (QED) is 0.831. The minimum atomic E-state index is -3.01. The van der Waals surface area contributed by atoms with E-state index in [1.165, 1.54) is 11.1 Å². The van der Waals surface area contributed by atoms with E-state index in [1.54, 1.807) is 11.9 Å². The van der Waals surface area contributed by atoms with E-state index in [0.29, 0.717) is 6.42 Å². The van der Waals surface area contributed by atoms with Gasteiger partial charge >= 0.3 is 0 Å². The maximum Gasteiger partial charge on any atom is 0.226 e. The molecule has 0 saturated carbocycles. The van der Waals surface area contributed by atoms with Crippen molar-refractivity contribution in [3.63, 3.8) is 0 Å². The van der Waals surface area contributed by atoms with Crippen LogP contribution in [0.25, 0.3) is 0 Å². The highest BCUT2D eigenvalue weighted by Crippen LogP contribution is 2.36. The number of sulfone groups is 1. The second-order valence-corrected chi connectivity index (χ2v) is 8.03. The molecule has 20 heavy (non-hydrogen) atoms. The van der Waals surface area contributed by atoms with Crippen LogP contribution in [0.5, 0.6) is 0 Å². The molecule has 1 aliphatic carbocycles. The van der Waals surface area contributed by atoms with Gasteiger partial charge in [-0.2, -0.15) is 0 Å². The van der Waals surface area contributed by atoms with E-state index in [0.717, 1.165) is 12.8 Å². The number of fused-ring (bicyclic) bond motifs is 1. The number of hydrogen-bond donors (Lipinski definition) is 0. The number of aryl methyl sites for hydroxylation is 1. The Balaban J connectivity index is 1.77. The van der Waals surface area contributed by atoms with Gasteiger partial charge in [0.1, 0.15) is 0 Å². The summed E-state index contributed by atoms with van der Waals surface area (Å²) >= 11 is 0. The van der Waals surface area contributed by atoms with Crippen molar-refractivity contribution < 1.29 is 13.2 Å². The summed E-state index contributed by atoms with van der Waals surface area (Å²) in [5.41, 5.74) is 2.51. The molecule has 1 aromatic carbocycles. The summed E-state index contributed by atoms with van der Waals surface area (Å²) < 4.78 is 23.0. The molecule has 1 aliphatic heterocycles. The minimum Gasteiger partial charge on any atom is -0.338 e. The van der Waals surface area contributed by atoms with Crippen LogP contribution < -0.4 is 0 Å². The lowest BCUT2D eigenvalue weighted by atomic mass is 10.0. The van der Waals surface area contributed by atoms with E-state index in [-0.39, 0.29) is 29.4 Å². The molecule has 0 bridgehead atoms. The number of benzene rings is 1. The Morgan fingerprint density at radius 3 is 2.70 bits per heavy atom. The molecule has 1 heterocycles. The molecule has 5 heteroatoms. The molecule has 3 rings (SSSR count). The summed E-state index contributed by atoms with van der Waals surface area (Å²) in [5.74, 6) is -0.200. The fourth-order valence-corrected chi connectivity index (χ4v) is 5.10. The topological polar surface area (TPSA) is 54.5 Å². The van der Waals surface area contributed by atoms with Crippen LogP contribution in [0, 0.1) is 5.92 Å². The molecule has 1 aromatic rings. The highest BCUT2D eigenvalue weighted by molar-refractivity contribution is 7.91. The zero-order valence-electron chi connectivity index (χ0n) is 11.6. The molecule has 1 amide bonds. The van der Waals surface area contributed by atoms with Crippen molar-refractivity contribution in [3.05, 3.63) is 35.4 Å². The third kappa shape index (κ3) is 2.35. The summed E-state index contributed by atoms with van der Waals surface area (Å²) in [6, 6.07) is 8.29. The van der Waals surface area contributed by atoms with Crippen LogP contribution >= 0.6 is 0 Å². The molecular weight excluding hydrogens is 274 g/mol. The van der Waals surface area contributed by atoms with Gasteiger partial charge in [0, 0.05) is 7.05 Å². The molecule has 2 aliphatic rings. The van der Waals surface area contributed by atoms with Gasteiger partial charge in [0.2, 0.25) is 5.91 Å². The van der Waals surface area contributed by atoms with Crippen LogP contribution in [0.2, 0.25) is 0 Å². The van der Waals surface area contributed by atoms with Crippen molar-refractivity contribution in [3.8, 4) is 0 Å². The molecule has 0 aromatic heterocycles. The summed E-state index contributed by atoms with van der Waals surface area (Å²) in [6.07, 6.45) is 2.39. The molecule has 4 nitrogen and oxygen atoms in total. The van der Waals surface area contributed by atoms with Crippen LogP contribution in [0.4, 0.5) is 0 Å². The maximum atomic E-state index is 12.5. The van der Waals surface area contributed by atoms with Gasteiger partial charge in [0.15, 0.2) is 9.84 Å². The Morgan fingerprint density at radius 2 is 2.00 bits per heavy atom. The van der Waals surface area contributed by atoms with E-state index in [4.69, 9.17) is 0 Å². The third-order valence-electron chi connectivity index (χ3n) is 4.50. The predicted octanol–water partition coefficient (Wildman–Crippen LogP) is 1.57. The normalized spacial score (nSPS) is 27.2. The summed E-state index contributed by atoms with van der Waals surface area (Å²) in [7, 11) is -1.20. The van der Waals surface area contributed by atoms with Gasteiger partial charge in [-0.05, 0) is 30.4 Å². The van der Waals surface area contributed by atoms with Crippen LogP contribution in [-0.2, 0) is 21.1 Å². The lowest BCUT2D eigenvalue weighted by Gasteiger charge is -2.27. The van der Waals surface area contributed by atoms with E-state index >= 15 is 0 Å². The van der Waals surface area contributed by atoms with Crippen molar-refractivity contribution in [2.75, 3.05) is 18.6 Å². The zero-order valence-corrected chi connectivity index (χ0v) is 12.4. The highest BCUT2D eigenvalue weighted by Gasteiger charge is 2.37. The molecule has 0 N–H and O–H groups in total. The van der Waals surface area contributed by atoms with Gasteiger partial charge in [-0.25, -0.2) is 8.42 Å². The molecule has 1 fully saturated rings. The fourth-order valence-electron chi connectivity index (χ4n) is 3.37. The Bertz CT molecular complexity index is 638. The Morgan fingerprint density at radius 1 is 1.25 bits per heavy atom. The van der Waals surface area contributed by atoms with Crippen LogP contribution in [0.15, 0.2) is 24.3 Å². The van der Waals surface area contributed by atoms with Gasteiger partial charge in [0.05, 0.1) is 23.5 Å². The van der Waals surface area contributed by atoms with Gasteiger partial charge in [0.25, 0.3) is 0 Å². The number of hydrogen-bond acceptors (Lipinski definition) is 3. The number of carbonyl (C=O) groups excluding carboxylic acids is 1. The Kier molecular flexibility index (Phi) is 3.32. The largest absolute Gasteiger partial charge is 0.338 e. The summed E-state index contributed by atoms with van der Waals surface area (Å²) in [4.78, 5) is 14.3. The molecular formula is C15H19NO3S. The molecule has 108 valence electrons. The van der Waals surface area contributed by atoms with Gasteiger partial charge in [-0.3, -0.25) is 4.79 Å². The number of nitrogens with zero attached hydrogens (tertiary/aromatic N) is 1. The fraction of sp³-hybridized carbons (Fsp3) is 0.533. The average Bonchev–Trinajstić information content (AvgIpc) is 3.00. The molecule has 2 atom stereocenters. The zero-order chi connectivity index (χ0) is 14.3. The third-order valence-corrected chi connectivity index (χ3v) is 6.27. The SMILES string of the molecule is CN(C(=O)[C@@H]1CCS(=O)(=O)C1)[C@@H]1CCc2ccccc21. The number of amides is 1. The molecule has 1 saturated heterocycles. The van der Waals surface area contributed by atoms with Crippen molar-refractivity contribution in [1.29, 1.82) is 0 Å². The van der Waals surface area contributed by atoms with Crippen molar-refractivity contribution in [1.82, 2.24) is 4.90 Å². The van der Waals surface area contributed by atoms with Crippen molar-refractivity contribution >= 4 is 15.7 Å². The second kappa shape index (κ2) is 4.88. The first-order valence-electron chi connectivity index (χ1n) is 7.03. The monoisotopic (exact) mass is 293 g/mol. The summed E-state index contributed by atoms with van der Waals surface area (Å²) in [5, 5.41) is 0. The molecule has 0 radical (unpaired) electrons. The lowest BCUT2D eigenvalue weighted by Crippen LogP contribution is -2.35. The lowest BCUT2D eigenvalue weighted by molar-refractivity contribution is -0.135. The van der Waals surface area contributed by atoms with E-state index < -0.39 is 9.84 Å². The van der Waals surface area contributed by atoms with E-state index in [2.05, 4.69) is 12.1 Å². The number of rotatable bonds is 2. The Labute approximate surface area is 119 Å². The van der Waals surface area contributed by atoms with Crippen LogP contribution in [0.1, 0.15) is 30.0 Å². The second-order valence-electron chi connectivity index (χ2n) is 5.80. The smallest absolute Gasteiger partial charge is 0.226 e. The van der Waals surface area contributed by atoms with E-state index in [1.807, 2.05) is 12.1 Å². The van der Waals surface area contributed by atoms with E-state index in [9.17, 15) is 13.2 Å². The van der Waals surface area contributed by atoms with Crippen molar-refractivity contribution in [2.24, 2.45) is 5.92 Å². The maximum absolute atomic E-state index is 12.5. The summed E-state index contributed by atoms with van der Waals surface area (Å²) in [6.45, 7) is 0. The first kappa shape index (κ1) is 13.6. The van der Waals surface area contributed by atoms with Gasteiger partial charge in [-0.1, -0.05) is 24.3 Å². The average molecular weight is 293 g/mol. The minimum absolute atomic E-state index is 0.0184. The number of carbonyl (C=O) groups is 1. The van der Waals surface area contributed by atoms with Gasteiger partial charge in [-0.15, -0.1) is 0 Å². The van der Waals surface area contributed by atoms with Gasteiger partial charge < -0.3 is 4.90 Å². The standard InChI is InChI=1S/C15H19NO3S/c1-16(15(17)12-8-9-20(18,19)10-12)14-7-6-11-4-2-3-5-13(11)14/h2-5,12,14H,6-10H2,1H3/t12-,14-/m1/s1. The molecule has 0 unspecified atom stereocenters. The first-order chi connectivity index (χ1) is 9.48. The molecule has 0 spiro atoms. The Hall–Kier alpha value is -1.36. The highest BCUT2D eigenvalue weighted by atomic mass is 32.2. The van der Waals surface area contributed by atoms with Crippen LogP contribution in [-0.4, -0.2) is 37.8 Å².